The van der Waals surface area contributed by atoms with E-state index in [4.69, 9.17) is 19.4 Å². The number of aromatic nitrogens is 4. The topological polar surface area (TPSA) is 139 Å². The van der Waals surface area contributed by atoms with Crippen LogP contribution in [0.25, 0.3) is 22.6 Å². The second kappa shape index (κ2) is 13.1. The monoisotopic (exact) mass is 588 g/mol. The minimum Gasteiger partial charge on any atom is -0.354 e. The Morgan fingerprint density at radius 3 is 2.63 bits per heavy atom. The van der Waals surface area contributed by atoms with Crippen molar-refractivity contribution in [3.63, 3.8) is 0 Å². The molecule has 1 saturated carbocycles. The van der Waals surface area contributed by atoms with Gasteiger partial charge in [-0.3, -0.25) is 9.79 Å². The van der Waals surface area contributed by atoms with Crippen LogP contribution in [-0.2, 0) is 14.3 Å². The fraction of sp³-hybridized carbons (Fsp3) is 0.484. The predicted octanol–water partition coefficient (Wildman–Crippen LogP) is 4.85. The van der Waals surface area contributed by atoms with Gasteiger partial charge in [0.25, 0.3) is 0 Å². The van der Waals surface area contributed by atoms with Crippen LogP contribution in [0, 0.1) is 11.2 Å². The minimum absolute atomic E-state index is 0.0458. The Hall–Kier alpha value is -4.03. The van der Waals surface area contributed by atoms with Gasteiger partial charge in [-0.1, -0.05) is 19.3 Å². The van der Waals surface area contributed by atoms with Crippen LogP contribution in [0.3, 0.4) is 0 Å². The van der Waals surface area contributed by atoms with Gasteiger partial charge in [-0.2, -0.15) is 0 Å². The standard InChI is InChI=1S/C31H37FN8O3/c1-31(29(41)37-22-6-3-2-4-7-22)17-42-28(43-18-31)27-39-25(20-9-11-21(32)12-10-20)26(40-27)24-13-15-35-30(38-24)34-14-5-8-23-16-33-19-36-23/h9-13,15,19,22,28H,2-8,14,16-18H2,1H3,(H,37,41)(H,39,40)(H,34,35,38). The number of hydrogen-bond acceptors (Lipinski definition) is 9. The second-order valence-corrected chi connectivity index (χ2v) is 11.6. The number of rotatable bonds is 10. The summed E-state index contributed by atoms with van der Waals surface area (Å²) >= 11 is 0. The van der Waals surface area contributed by atoms with Crippen molar-refractivity contribution in [1.82, 2.24) is 25.3 Å². The first kappa shape index (κ1) is 29.1. The number of halogens is 1. The highest BCUT2D eigenvalue weighted by Gasteiger charge is 2.41. The van der Waals surface area contributed by atoms with Gasteiger partial charge < -0.3 is 25.1 Å². The molecule has 2 aliphatic heterocycles. The molecule has 4 heterocycles. The SMILES string of the molecule is CC1(C(=O)NC2CCCCC2)COC(c2nc(-c3ccc(F)cc3)c(-c3ccnc(NCCCC4=NC=NC4)n3)[nH]2)OC1. The third-order valence-electron chi connectivity index (χ3n) is 8.09. The van der Waals surface area contributed by atoms with E-state index in [9.17, 15) is 9.18 Å². The molecular formula is C31H37FN8O3. The number of benzene rings is 1. The lowest BCUT2D eigenvalue weighted by Gasteiger charge is -2.37. The number of carbonyl (C=O) groups is 1. The van der Waals surface area contributed by atoms with Crippen LogP contribution >= 0.6 is 0 Å². The number of anilines is 1. The molecule has 2 aromatic heterocycles. The van der Waals surface area contributed by atoms with Gasteiger partial charge in [0.1, 0.15) is 12.2 Å². The van der Waals surface area contributed by atoms with E-state index in [1.165, 1.54) is 18.6 Å². The lowest BCUT2D eigenvalue weighted by Crippen LogP contribution is -2.51. The number of nitrogens with zero attached hydrogens (tertiary/aromatic N) is 5. The molecule has 3 aromatic rings. The number of nitrogens with one attached hydrogen (secondary N) is 3. The van der Waals surface area contributed by atoms with Crippen molar-refractivity contribution < 1.29 is 18.7 Å². The van der Waals surface area contributed by atoms with Crippen molar-refractivity contribution in [2.45, 2.75) is 64.2 Å². The zero-order chi connectivity index (χ0) is 29.6. The summed E-state index contributed by atoms with van der Waals surface area (Å²) in [5.41, 5.74) is 2.79. The fourth-order valence-corrected chi connectivity index (χ4v) is 5.54. The van der Waals surface area contributed by atoms with Gasteiger partial charge >= 0.3 is 0 Å². The second-order valence-electron chi connectivity index (χ2n) is 11.6. The molecule has 12 heteroatoms. The first-order valence-corrected chi connectivity index (χ1v) is 15.0. The first-order chi connectivity index (χ1) is 21.0. The Balaban J connectivity index is 1.17. The molecule has 0 atom stereocenters. The maximum atomic E-state index is 13.8. The number of aliphatic imine (C=N–C) groups is 2. The molecule has 0 bridgehead atoms. The van der Waals surface area contributed by atoms with Gasteiger partial charge in [0.2, 0.25) is 18.1 Å². The molecule has 3 N–H and O–H groups in total. The van der Waals surface area contributed by atoms with Crippen LogP contribution in [0.4, 0.5) is 10.3 Å². The summed E-state index contributed by atoms with van der Waals surface area (Å²) in [6.07, 6.45) is 9.74. The van der Waals surface area contributed by atoms with Crippen LogP contribution in [0.5, 0.6) is 0 Å². The number of H-pyrrole nitrogens is 1. The molecule has 1 aliphatic carbocycles. The van der Waals surface area contributed by atoms with Crippen molar-refractivity contribution in [2.24, 2.45) is 15.4 Å². The number of ether oxygens (including phenoxy) is 2. The Morgan fingerprint density at radius 2 is 1.88 bits per heavy atom. The lowest BCUT2D eigenvalue weighted by atomic mass is 9.89. The number of carbonyl (C=O) groups excluding carboxylic acids is 1. The molecule has 1 saturated heterocycles. The molecule has 3 aliphatic rings. The van der Waals surface area contributed by atoms with Crippen molar-refractivity contribution in [1.29, 1.82) is 0 Å². The van der Waals surface area contributed by atoms with Gasteiger partial charge in [0.05, 0.1) is 42.3 Å². The van der Waals surface area contributed by atoms with Crippen LogP contribution < -0.4 is 10.6 Å². The molecule has 1 aromatic carbocycles. The van der Waals surface area contributed by atoms with E-state index in [0.29, 0.717) is 47.5 Å². The summed E-state index contributed by atoms with van der Waals surface area (Å²) in [6.45, 7) is 3.60. The quantitative estimate of drug-likeness (QED) is 0.288. The Labute approximate surface area is 249 Å². The van der Waals surface area contributed by atoms with Gasteiger partial charge in [-0.05, 0) is 62.9 Å². The maximum absolute atomic E-state index is 13.8. The van der Waals surface area contributed by atoms with Crippen LogP contribution in [0.2, 0.25) is 0 Å². The normalized spacial score (nSPS) is 22.4. The lowest BCUT2D eigenvalue weighted by molar-refractivity contribution is -0.231. The summed E-state index contributed by atoms with van der Waals surface area (Å²) in [5.74, 6) is 0.537. The van der Waals surface area contributed by atoms with Crippen molar-refractivity contribution >= 4 is 23.9 Å². The van der Waals surface area contributed by atoms with E-state index in [1.54, 1.807) is 30.7 Å². The Bertz CT molecular complexity index is 1470. The molecule has 0 radical (unpaired) electrons. The molecule has 1 amide bonds. The summed E-state index contributed by atoms with van der Waals surface area (Å²) < 4.78 is 25.9. The summed E-state index contributed by atoms with van der Waals surface area (Å²) in [4.78, 5) is 38.7. The smallest absolute Gasteiger partial charge is 0.230 e. The molecule has 43 heavy (non-hydrogen) atoms. The molecular weight excluding hydrogens is 551 g/mol. The zero-order valence-corrected chi connectivity index (χ0v) is 24.3. The average Bonchev–Trinajstić information content (AvgIpc) is 3.72. The van der Waals surface area contributed by atoms with Gasteiger partial charge in [-0.15, -0.1) is 0 Å². The van der Waals surface area contributed by atoms with E-state index < -0.39 is 11.7 Å². The number of amides is 1. The van der Waals surface area contributed by atoms with E-state index in [-0.39, 0.29) is 31.0 Å². The molecule has 6 rings (SSSR count). The summed E-state index contributed by atoms with van der Waals surface area (Å²) in [6, 6.07) is 8.13. The molecule has 0 unspecified atom stereocenters. The number of hydrogen-bond donors (Lipinski definition) is 3. The van der Waals surface area contributed by atoms with Gasteiger partial charge in [-0.25, -0.2) is 24.3 Å². The highest BCUT2D eigenvalue weighted by Crippen LogP contribution is 2.36. The molecule has 0 spiro atoms. The largest absolute Gasteiger partial charge is 0.354 e. The highest BCUT2D eigenvalue weighted by molar-refractivity contribution is 5.96. The molecule has 226 valence electrons. The fourth-order valence-electron chi connectivity index (χ4n) is 5.54. The van der Waals surface area contributed by atoms with Crippen molar-refractivity contribution in [2.75, 3.05) is 31.6 Å². The van der Waals surface area contributed by atoms with Gasteiger partial charge in [0, 0.05) is 30.1 Å². The predicted molar refractivity (Wildman–Crippen MR) is 161 cm³/mol. The number of aromatic amines is 1. The number of imidazole rings is 1. The van der Waals surface area contributed by atoms with Crippen LogP contribution in [0.1, 0.15) is 64.0 Å². The zero-order valence-electron chi connectivity index (χ0n) is 24.3. The Kier molecular flexibility index (Phi) is 8.85. The molecule has 2 fully saturated rings. The van der Waals surface area contributed by atoms with Crippen molar-refractivity contribution in [3.05, 3.63) is 48.2 Å². The minimum atomic E-state index is -0.801. The average molecular weight is 589 g/mol. The third-order valence-corrected chi connectivity index (χ3v) is 8.09. The summed E-state index contributed by atoms with van der Waals surface area (Å²) in [7, 11) is 0. The third kappa shape index (κ3) is 6.97. The maximum Gasteiger partial charge on any atom is 0.230 e. The van der Waals surface area contributed by atoms with Crippen LogP contribution in [0.15, 0.2) is 46.5 Å². The Morgan fingerprint density at radius 1 is 1.09 bits per heavy atom. The first-order valence-electron chi connectivity index (χ1n) is 15.0. The van der Waals surface area contributed by atoms with E-state index in [2.05, 4.69) is 30.6 Å². The van der Waals surface area contributed by atoms with E-state index >= 15 is 0 Å². The van der Waals surface area contributed by atoms with Crippen molar-refractivity contribution in [3.8, 4) is 22.6 Å². The van der Waals surface area contributed by atoms with Gasteiger partial charge in [0.15, 0.2) is 5.82 Å². The highest BCUT2D eigenvalue weighted by atomic mass is 19.1. The van der Waals surface area contributed by atoms with E-state index in [0.717, 1.165) is 44.2 Å². The van der Waals surface area contributed by atoms with Crippen LogP contribution in [-0.4, -0.2) is 70.2 Å². The summed E-state index contributed by atoms with van der Waals surface area (Å²) in [5, 5.41) is 6.47. The molecule has 11 nitrogen and oxygen atoms in total. The van der Waals surface area contributed by atoms with E-state index in [1.807, 2.05) is 6.92 Å².